The van der Waals surface area contributed by atoms with Gasteiger partial charge in [-0.3, -0.25) is 29.4 Å². The van der Waals surface area contributed by atoms with E-state index in [9.17, 15) is 24.1 Å². The van der Waals surface area contributed by atoms with Crippen molar-refractivity contribution in [3.8, 4) is 0 Å². The molecule has 0 aliphatic carbocycles. The lowest BCUT2D eigenvalue weighted by atomic mass is 10.0. The van der Waals surface area contributed by atoms with Gasteiger partial charge < -0.3 is 0 Å². The first-order chi connectivity index (χ1) is 17.5. The molecule has 3 heterocycles. The first-order valence-electron chi connectivity index (χ1n) is 11.3. The van der Waals surface area contributed by atoms with Gasteiger partial charge in [-0.25, -0.2) is 10.3 Å². The third kappa shape index (κ3) is 4.52. The number of nitroso groups, excluding NO2 is 1. The summed E-state index contributed by atoms with van der Waals surface area (Å²) in [5.74, 6) is -2.45. The van der Waals surface area contributed by atoms with Crippen LogP contribution in [0.3, 0.4) is 0 Å². The lowest BCUT2D eigenvalue weighted by Gasteiger charge is -2.27. The van der Waals surface area contributed by atoms with E-state index in [4.69, 9.17) is 23.2 Å². The molecule has 1 aromatic heterocycles. The Balaban J connectivity index is 1.32. The third-order valence-electron chi connectivity index (χ3n) is 6.32. The summed E-state index contributed by atoms with van der Waals surface area (Å²) in [5.41, 5.74) is 0.220. The molecule has 10 nitrogen and oxygen atoms in total. The average Bonchev–Trinajstić information content (AvgIpc) is 3.38. The van der Waals surface area contributed by atoms with Crippen LogP contribution in [0.2, 0.25) is 10.0 Å². The molecule has 1 atom stereocenters. The van der Waals surface area contributed by atoms with Gasteiger partial charge in [0.2, 0.25) is 11.8 Å². The number of amides is 4. The zero-order valence-corrected chi connectivity index (χ0v) is 22.0. The first kappa shape index (κ1) is 25.4. The molecule has 2 N–H and O–H groups in total. The first-order valence-corrected chi connectivity index (χ1v) is 12.8. The van der Waals surface area contributed by atoms with Crippen LogP contribution in [-0.4, -0.2) is 51.0 Å². The normalized spacial score (nSPS) is 17.9. The van der Waals surface area contributed by atoms with Crippen LogP contribution in [0.5, 0.6) is 0 Å². The highest BCUT2D eigenvalue weighted by Crippen LogP contribution is 2.36. The van der Waals surface area contributed by atoms with E-state index in [0.29, 0.717) is 25.3 Å². The van der Waals surface area contributed by atoms with Gasteiger partial charge in [-0.15, -0.1) is 11.3 Å². The fourth-order valence-corrected chi connectivity index (χ4v) is 6.04. The maximum Gasteiger partial charge on any atom is 0.262 e. The van der Waals surface area contributed by atoms with Gasteiger partial charge in [-0.05, 0) is 38.5 Å². The third-order valence-corrected chi connectivity index (χ3v) is 8.16. The van der Waals surface area contributed by atoms with Crippen LogP contribution in [0.4, 0.5) is 5.69 Å². The minimum Gasteiger partial charge on any atom is -0.295 e. The van der Waals surface area contributed by atoms with Crippen LogP contribution >= 0.6 is 34.5 Å². The number of rotatable bonds is 6. The molecular weight excluding hydrogens is 541 g/mol. The Hall–Kier alpha value is -3.25. The zero-order valence-electron chi connectivity index (χ0n) is 19.6. The smallest absolute Gasteiger partial charge is 0.262 e. The second kappa shape index (κ2) is 9.25. The minimum absolute atomic E-state index is 0.0265. The van der Waals surface area contributed by atoms with Gasteiger partial charge in [0, 0.05) is 28.5 Å². The Kier molecular flexibility index (Phi) is 6.35. The molecule has 1 fully saturated rings. The lowest BCUT2D eigenvalue weighted by molar-refractivity contribution is -0.471. The van der Waals surface area contributed by atoms with Crippen molar-refractivity contribution in [2.24, 2.45) is 0 Å². The fourth-order valence-electron chi connectivity index (χ4n) is 4.27. The number of hydrogen-bond acceptors (Lipinski definition) is 8. The van der Waals surface area contributed by atoms with Gasteiger partial charge in [0.25, 0.3) is 24.2 Å². The Morgan fingerprint density at radius 2 is 1.86 bits per heavy atom. The molecule has 4 amide bonds. The summed E-state index contributed by atoms with van der Waals surface area (Å²) >= 11 is 13.8. The van der Waals surface area contributed by atoms with Crippen molar-refractivity contribution in [3.63, 3.8) is 0 Å². The summed E-state index contributed by atoms with van der Waals surface area (Å²) < 4.78 is 1.48. The number of carbonyl (C=O) groups is 4. The van der Waals surface area contributed by atoms with Gasteiger partial charge in [0.05, 0.1) is 31.1 Å². The van der Waals surface area contributed by atoms with Crippen molar-refractivity contribution >= 4 is 74.1 Å². The molecule has 2 aliphatic rings. The van der Waals surface area contributed by atoms with Gasteiger partial charge in [0.1, 0.15) is 16.6 Å². The van der Waals surface area contributed by atoms with E-state index in [1.54, 1.807) is 12.1 Å². The van der Waals surface area contributed by atoms with E-state index in [1.807, 2.05) is 13.8 Å². The molecule has 37 heavy (non-hydrogen) atoms. The highest BCUT2D eigenvalue weighted by molar-refractivity contribution is 7.18. The number of benzene rings is 2. The van der Waals surface area contributed by atoms with Crippen molar-refractivity contribution in [1.29, 1.82) is 0 Å². The van der Waals surface area contributed by atoms with Crippen molar-refractivity contribution in [2.45, 2.75) is 38.3 Å². The molecule has 13 heteroatoms. The zero-order chi connectivity index (χ0) is 26.6. The van der Waals surface area contributed by atoms with E-state index >= 15 is 0 Å². The highest BCUT2D eigenvalue weighted by Gasteiger charge is 2.45. The molecule has 0 bridgehead atoms. The molecule has 0 spiro atoms. The fraction of sp³-hybridized carbons (Fsp3) is 0.292. The molecule has 2 aliphatic heterocycles. The second-order valence-electron chi connectivity index (χ2n) is 9.27. The molecule has 1 saturated heterocycles. The number of imide groups is 2. The predicted octanol–water partition coefficient (Wildman–Crippen LogP) is 3.90. The molecule has 1 unspecified atom stereocenters. The van der Waals surface area contributed by atoms with Crippen LogP contribution in [0.1, 0.15) is 52.4 Å². The minimum atomic E-state index is -1.07. The van der Waals surface area contributed by atoms with E-state index in [-0.39, 0.29) is 36.3 Å². The number of halogens is 2. The molecule has 0 radical (unpaired) electrons. The SMILES string of the molecule is CC(C)(NC[N+](=O)c1ccc2c(c1)C(=O)N(C1CCC(=O)NC1=O)C2=O)c1nc2c(Cl)cc(Cl)cc2s1. The quantitative estimate of drug-likeness (QED) is 0.265. The summed E-state index contributed by atoms with van der Waals surface area (Å²) in [7, 11) is 0. The molecule has 0 saturated carbocycles. The van der Waals surface area contributed by atoms with E-state index < -0.39 is 35.2 Å². The maximum absolute atomic E-state index is 13.0. The van der Waals surface area contributed by atoms with E-state index in [1.165, 1.54) is 29.5 Å². The lowest BCUT2D eigenvalue weighted by Crippen LogP contribution is -2.54. The molecular formula is C24H20Cl2N5O5S+. The van der Waals surface area contributed by atoms with Crippen molar-refractivity contribution < 1.29 is 23.9 Å². The summed E-state index contributed by atoms with van der Waals surface area (Å²) in [6, 6.07) is 6.50. The molecule has 190 valence electrons. The summed E-state index contributed by atoms with van der Waals surface area (Å²) in [4.78, 5) is 68.0. The average molecular weight is 561 g/mol. The van der Waals surface area contributed by atoms with Crippen molar-refractivity contribution in [1.82, 2.24) is 20.5 Å². The van der Waals surface area contributed by atoms with Crippen LogP contribution in [-0.2, 0) is 15.1 Å². The van der Waals surface area contributed by atoms with Gasteiger partial charge >= 0.3 is 0 Å². The van der Waals surface area contributed by atoms with Crippen LogP contribution < -0.4 is 10.6 Å². The number of nitrogens with one attached hydrogen (secondary N) is 2. The highest BCUT2D eigenvalue weighted by atomic mass is 35.5. The van der Waals surface area contributed by atoms with Crippen LogP contribution in [0.15, 0.2) is 30.3 Å². The van der Waals surface area contributed by atoms with Crippen LogP contribution in [0.25, 0.3) is 10.2 Å². The van der Waals surface area contributed by atoms with E-state index in [0.717, 1.165) is 9.60 Å². The Labute approximate surface area is 224 Å². The summed E-state index contributed by atoms with van der Waals surface area (Å²) in [5, 5.41) is 6.97. The number of aromatic nitrogens is 1. The number of hydrogen-bond donors (Lipinski definition) is 2. The summed E-state index contributed by atoms with van der Waals surface area (Å²) in [6.07, 6.45) is 0.0810. The number of nitrogens with zero attached hydrogens (tertiary/aromatic N) is 3. The topological polar surface area (TPSA) is 129 Å². The van der Waals surface area contributed by atoms with E-state index in [2.05, 4.69) is 15.6 Å². The summed E-state index contributed by atoms with van der Waals surface area (Å²) in [6.45, 7) is 3.60. The predicted molar refractivity (Wildman–Crippen MR) is 137 cm³/mol. The number of fused-ring (bicyclic) bond motifs is 2. The standard InChI is InChI=1S/C24H19Cl2N5O5S/c1-24(2,23-29-19-15(26)7-11(25)8-17(19)37-23)27-10-30(36)12-3-4-13-14(9-12)22(35)31(21(13)34)16-5-6-18(32)28-20(16)33/h3-4,7-9,16,27H,5-6,10H2,1-2H3/p+1. The Morgan fingerprint density at radius 1 is 1.14 bits per heavy atom. The van der Waals surface area contributed by atoms with Crippen LogP contribution in [0, 0.1) is 4.91 Å². The maximum atomic E-state index is 13.0. The number of piperidine rings is 1. The van der Waals surface area contributed by atoms with Crippen molar-refractivity contribution in [3.05, 3.63) is 61.4 Å². The number of thiazole rings is 1. The van der Waals surface area contributed by atoms with Gasteiger partial charge in [-0.1, -0.05) is 23.2 Å². The number of carbonyl (C=O) groups excluding carboxylic acids is 4. The van der Waals surface area contributed by atoms with Gasteiger partial charge in [0.15, 0.2) is 0 Å². The monoisotopic (exact) mass is 560 g/mol. The second-order valence-corrected chi connectivity index (χ2v) is 11.1. The van der Waals surface area contributed by atoms with Crippen molar-refractivity contribution in [2.75, 3.05) is 6.67 Å². The Bertz CT molecular complexity index is 1540. The van der Waals surface area contributed by atoms with Gasteiger partial charge in [-0.2, -0.15) is 0 Å². The molecule has 5 rings (SSSR count). The largest absolute Gasteiger partial charge is 0.295 e. The molecule has 2 aromatic carbocycles. The Morgan fingerprint density at radius 3 is 2.59 bits per heavy atom. The molecule has 3 aromatic rings.